The van der Waals surface area contributed by atoms with E-state index in [1.54, 1.807) is 62.4 Å². The number of esters is 1. The Balaban J connectivity index is 1.42. The van der Waals surface area contributed by atoms with E-state index in [4.69, 9.17) is 42.1 Å². The van der Waals surface area contributed by atoms with Gasteiger partial charge in [0.2, 0.25) is 0 Å². The summed E-state index contributed by atoms with van der Waals surface area (Å²) in [5.74, 6) is -0.402. The lowest BCUT2D eigenvalue weighted by atomic mass is 9.95. The molecule has 238 valence electrons. The highest BCUT2D eigenvalue weighted by Crippen LogP contribution is 2.35. The average Bonchev–Trinajstić information content (AvgIpc) is 3.03. The molecule has 3 aromatic rings. The Morgan fingerprint density at radius 3 is 2.63 bits per heavy atom. The quantitative estimate of drug-likeness (QED) is 0.136. The number of benzene rings is 3. The van der Waals surface area contributed by atoms with Crippen molar-refractivity contribution in [1.82, 2.24) is 16.1 Å². The van der Waals surface area contributed by atoms with Gasteiger partial charge in [-0.3, -0.25) is 4.79 Å². The zero-order valence-electron chi connectivity index (χ0n) is 25.0. The van der Waals surface area contributed by atoms with E-state index in [0.717, 1.165) is 0 Å². The second kappa shape index (κ2) is 15.7. The number of hydrogen-bond donors (Lipinski definition) is 3. The molecule has 0 aliphatic carbocycles. The molecule has 4 rings (SSSR count). The van der Waals surface area contributed by atoms with Gasteiger partial charge in [0.05, 0.1) is 48.2 Å². The number of nitriles is 1. The monoisotopic (exact) mass is 665 g/mol. The summed E-state index contributed by atoms with van der Waals surface area (Å²) >= 11 is 12.5. The van der Waals surface area contributed by atoms with E-state index in [1.165, 1.54) is 19.4 Å². The van der Waals surface area contributed by atoms with Crippen LogP contribution in [0.3, 0.4) is 0 Å². The molecular weight excluding hydrogens is 637 g/mol. The van der Waals surface area contributed by atoms with Crippen LogP contribution in [0.5, 0.6) is 17.2 Å². The Hall–Kier alpha value is -5.25. The molecule has 0 radical (unpaired) electrons. The first kappa shape index (κ1) is 33.6. The minimum absolute atomic E-state index is 0.0663. The highest BCUT2D eigenvalue weighted by Gasteiger charge is 2.32. The molecular formula is C32H29Cl2N5O7. The van der Waals surface area contributed by atoms with Crippen molar-refractivity contribution in [3.05, 3.63) is 98.2 Å². The molecule has 3 amide bonds. The van der Waals surface area contributed by atoms with Crippen molar-refractivity contribution in [2.75, 3.05) is 20.3 Å². The van der Waals surface area contributed by atoms with Crippen molar-refractivity contribution in [2.45, 2.75) is 26.5 Å². The molecule has 1 aliphatic rings. The Labute approximate surface area is 274 Å². The number of allylic oxidation sites excluding steroid dienone is 1. The van der Waals surface area contributed by atoms with Crippen LogP contribution in [0, 0.1) is 11.3 Å². The lowest BCUT2D eigenvalue weighted by Crippen LogP contribution is -2.45. The number of rotatable bonds is 12. The van der Waals surface area contributed by atoms with Gasteiger partial charge in [-0.2, -0.15) is 10.4 Å². The molecule has 3 aromatic carbocycles. The number of amides is 3. The van der Waals surface area contributed by atoms with E-state index in [1.807, 2.05) is 0 Å². The molecule has 46 heavy (non-hydrogen) atoms. The van der Waals surface area contributed by atoms with Gasteiger partial charge in [-0.25, -0.2) is 15.0 Å². The van der Waals surface area contributed by atoms with Gasteiger partial charge in [0.15, 0.2) is 18.1 Å². The maximum Gasteiger partial charge on any atom is 0.338 e. The molecule has 3 N–H and O–H groups in total. The van der Waals surface area contributed by atoms with E-state index in [0.29, 0.717) is 33.0 Å². The van der Waals surface area contributed by atoms with Crippen molar-refractivity contribution < 1.29 is 33.3 Å². The smallest absolute Gasteiger partial charge is 0.338 e. The van der Waals surface area contributed by atoms with Gasteiger partial charge in [-0.05, 0) is 49.7 Å². The fourth-order valence-electron chi connectivity index (χ4n) is 4.49. The van der Waals surface area contributed by atoms with Crippen molar-refractivity contribution in [3.63, 3.8) is 0 Å². The highest BCUT2D eigenvalue weighted by atomic mass is 35.5. The van der Waals surface area contributed by atoms with Gasteiger partial charge >= 0.3 is 12.0 Å². The summed E-state index contributed by atoms with van der Waals surface area (Å²) in [6, 6.07) is 15.7. The van der Waals surface area contributed by atoms with Gasteiger partial charge in [0.1, 0.15) is 12.4 Å². The van der Waals surface area contributed by atoms with Gasteiger partial charge in [-0.15, -0.1) is 0 Å². The SMILES string of the molecule is CCOC(=O)C1=C(C)NC(=O)N[C@@H]1c1ccc(OCC(=O)N/N=C/c2cc(Cl)cc(Cl)c2OCc2ccccc2C#N)c(OC)c1. The van der Waals surface area contributed by atoms with Crippen LogP contribution >= 0.6 is 23.2 Å². The van der Waals surface area contributed by atoms with Crippen LogP contribution in [-0.2, 0) is 20.9 Å². The molecule has 1 atom stereocenters. The minimum Gasteiger partial charge on any atom is -0.493 e. The summed E-state index contributed by atoms with van der Waals surface area (Å²) in [5, 5.41) is 19.2. The first-order valence-corrected chi connectivity index (χ1v) is 14.6. The third kappa shape index (κ3) is 8.26. The maximum absolute atomic E-state index is 12.6. The first-order valence-electron chi connectivity index (χ1n) is 13.8. The molecule has 0 saturated carbocycles. The van der Waals surface area contributed by atoms with Crippen LogP contribution in [0.4, 0.5) is 4.79 Å². The maximum atomic E-state index is 12.6. The molecule has 0 spiro atoms. The summed E-state index contributed by atoms with van der Waals surface area (Å²) in [5.41, 5.74) is 5.04. The second-order valence-corrected chi connectivity index (χ2v) is 10.5. The third-order valence-electron chi connectivity index (χ3n) is 6.58. The minimum atomic E-state index is -0.802. The standard InChI is InChI=1S/C32H29Cl2N5O7/c1-4-44-31(41)28-18(2)37-32(42)38-29(28)19-9-10-25(26(12-19)43-3)45-17-27(40)39-36-15-22-11-23(33)13-24(34)30(22)46-16-21-8-6-5-7-20(21)14-35/h5-13,15,29H,4,16-17H2,1-3H3,(H,39,40)(H2,37,38,42)/b36-15+/t29-/m1/s1. The number of nitrogens with one attached hydrogen (secondary N) is 3. The molecule has 14 heteroatoms. The Bertz CT molecular complexity index is 1750. The summed E-state index contributed by atoms with van der Waals surface area (Å²) in [6.45, 7) is 3.11. The predicted molar refractivity (Wildman–Crippen MR) is 170 cm³/mol. The van der Waals surface area contributed by atoms with Crippen LogP contribution < -0.4 is 30.3 Å². The molecule has 12 nitrogen and oxygen atoms in total. The van der Waals surface area contributed by atoms with E-state index in [9.17, 15) is 19.6 Å². The molecule has 1 aliphatic heterocycles. The third-order valence-corrected chi connectivity index (χ3v) is 7.08. The molecule has 0 bridgehead atoms. The molecule has 0 aromatic heterocycles. The fraction of sp³-hybridized carbons (Fsp3) is 0.219. The van der Waals surface area contributed by atoms with Gasteiger partial charge in [0.25, 0.3) is 5.91 Å². The van der Waals surface area contributed by atoms with E-state index in [2.05, 4.69) is 27.2 Å². The Morgan fingerprint density at radius 1 is 1.11 bits per heavy atom. The number of ether oxygens (including phenoxy) is 4. The Kier molecular flexibility index (Phi) is 11.4. The first-order chi connectivity index (χ1) is 22.1. The zero-order chi connectivity index (χ0) is 33.2. The second-order valence-electron chi connectivity index (χ2n) is 9.65. The van der Waals surface area contributed by atoms with E-state index < -0.39 is 30.6 Å². The normalized spacial score (nSPS) is 14.2. The molecule has 0 saturated heterocycles. The number of hydrazone groups is 1. The number of urea groups is 1. The highest BCUT2D eigenvalue weighted by molar-refractivity contribution is 6.36. The Morgan fingerprint density at radius 2 is 1.89 bits per heavy atom. The molecule has 0 fully saturated rings. The number of methoxy groups -OCH3 is 1. The van der Waals surface area contributed by atoms with Crippen LogP contribution in [0.1, 0.15) is 42.1 Å². The van der Waals surface area contributed by atoms with Crippen LogP contribution in [0.25, 0.3) is 0 Å². The van der Waals surface area contributed by atoms with E-state index >= 15 is 0 Å². The molecule has 1 heterocycles. The lowest BCUT2D eigenvalue weighted by molar-refractivity contribution is -0.139. The summed E-state index contributed by atoms with van der Waals surface area (Å²) in [6.07, 6.45) is 1.32. The zero-order valence-corrected chi connectivity index (χ0v) is 26.5. The van der Waals surface area contributed by atoms with Crippen molar-refractivity contribution >= 4 is 47.3 Å². The average molecular weight is 667 g/mol. The number of hydrogen-bond acceptors (Lipinski definition) is 9. The number of halogens is 2. The van der Waals surface area contributed by atoms with Crippen LogP contribution in [0.2, 0.25) is 10.0 Å². The van der Waals surface area contributed by atoms with Crippen molar-refractivity contribution in [3.8, 4) is 23.3 Å². The van der Waals surface area contributed by atoms with Gasteiger partial charge in [-0.1, -0.05) is 47.5 Å². The van der Waals surface area contributed by atoms with Crippen LogP contribution in [-0.4, -0.2) is 44.4 Å². The van der Waals surface area contributed by atoms with E-state index in [-0.39, 0.29) is 41.1 Å². The molecule has 0 unspecified atom stereocenters. The number of nitrogens with zero attached hydrogens (tertiary/aromatic N) is 2. The van der Waals surface area contributed by atoms with Crippen molar-refractivity contribution in [1.29, 1.82) is 5.26 Å². The van der Waals surface area contributed by atoms with Crippen LogP contribution in [0.15, 0.2) is 71.0 Å². The van der Waals surface area contributed by atoms with Gasteiger partial charge < -0.3 is 29.6 Å². The largest absolute Gasteiger partial charge is 0.493 e. The fourth-order valence-corrected chi connectivity index (χ4v) is 5.05. The van der Waals surface area contributed by atoms with Crippen molar-refractivity contribution in [2.24, 2.45) is 5.10 Å². The van der Waals surface area contributed by atoms with Gasteiger partial charge in [0, 0.05) is 21.8 Å². The lowest BCUT2D eigenvalue weighted by Gasteiger charge is -2.28. The summed E-state index contributed by atoms with van der Waals surface area (Å²) in [7, 11) is 1.42. The number of carbonyl (C=O) groups excluding carboxylic acids is 3. The number of carbonyl (C=O) groups is 3. The predicted octanol–water partition coefficient (Wildman–Crippen LogP) is 5.17. The summed E-state index contributed by atoms with van der Waals surface area (Å²) < 4.78 is 22.2. The summed E-state index contributed by atoms with van der Waals surface area (Å²) in [4.78, 5) is 37.4. The topological polar surface area (TPSA) is 160 Å².